The summed E-state index contributed by atoms with van der Waals surface area (Å²) in [5.41, 5.74) is 1.04. The minimum absolute atomic E-state index is 0.231. The quantitative estimate of drug-likeness (QED) is 0.846. The highest BCUT2D eigenvalue weighted by Gasteiger charge is 2.09. The first-order valence-corrected chi connectivity index (χ1v) is 5.32. The van der Waals surface area contributed by atoms with Gasteiger partial charge in [0.05, 0.1) is 21.3 Å². The van der Waals surface area contributed by atoms with E-state index in [9.17, 15) is 4.79 Å². The second kappa shape index (κ2) is 4.60. The van der Waals surface area contributed by atoms with Crippen molar-refractivity contribution >= 4 is 34.8 Å². The van der Waals surface area contributed by atoms with E-state index in [0.717, 1.165) is 0 Å². The lowest BCUT2D eigenvalue weighted by atomic mass is 10.3. The lowest BCUT2D eigenvalue weighted by molar-refractivity contribution is 0.102. The molecule has 2 rings (SSSR count). The van der Waals surface area contributed by atoms with Crippen LogP contribution in [0, 0.1) is 0 Å². The van der Waals surface area contributed by atoms with Crippen LogP contribution >= 0.6 is 23.2 Å². The maximum atomic E-state index is 11.7. The summed E-state index contributed by atoms with van der Waals surface area (Å²) in [6.07, 6.45) is 3.28. The molecule has 2 N–H and O–H groups in total. The van der Waals surface area contributed by atoms with Crippen LogP contribution in [0.5, 0.6) is 0 Å². The number of H-pyrrole nitrogens is 1. The maximum absolute atomic E-state index is 11.7. The zero-order valence-corrected chi connectivity index (χ0v) is 9.64. The smallest absolute Gasteiger partial charge is 0.257 e. The normalized spacial score (nSPS) is 10.1. The number of hydrogen-bond donors (Lipinski definition) is 2. The monoisotopic (exact) mass is 254 g/mol. The Labute approximate surface area is 102 Å². The Hall–Kier alpha value is -1.45. The number of rotatable bonds is 2. The van der Waals surface area contributed by atoms with E-state index < -0.39 is 0 Å². The van der Waals surface area contributed by atoms with Gasteiger partial charge in [0.25, 0.3) is 5.91 Å². The zero-order chi connectivity index (χ0) is 11.5. The number of hydrogen-bond acceptors (Lipinski definition) is 1. The molecule has 1 amide bonds. The number of halogens is 2. The minimum atomic E-state index is -0.231. The van der Waals surface area contributed by atoms with Crippen molar-refractivity contribution in [1.82, 2.24) is 4.98 Å². The molecule has 0 bridgehead atoms. The number of amides is 1. The molecule has 0 aliphatic carbocycles. The van der Waals surface area contributed by atoms with Crippen LogP contribution in [0.2, 0.25) is 10.0 Å². The van der Waals surface area contributed by atoms with Crippen molar-refractivity contribution in [2.24, 2.45) is 0 Å². The van der Waals surface area contributed by atoms with E-state index in [2.05, 4.69) is 10.3 Å². The van der Waals surface area contributed by atoms with Gasteiger partial charge in [0.1, 0.15) is 0 Å². The Balaban J connectivity index is 2.22. The topological polar surface area (TPSA) is 44.9 Å². The maximum Gasteiger partial charge on any atom is 0.257 e. The summed E-state index contributed by atoms with van der Waals surface area (Å²) in [6, 6.07) is 6.75. The molecule has 1 aromatic carbocycles. The van der Waals surface area contributed by atoms with E-state index in [1.165, 1.54) is 0 Å². The third-order valence-electron chi connectivity index (χ3n) is 2.06. The Bertz CT molecular complexity index is 509. The molecule has 0 aliphatic rings. The SMILES string of the molecule is O=C(Nc1cccc(Cl)c1Cl)c1cc[nH]c1. The van der Waals surface area contributed by atoms with Gasteiger partial charge in [-0.2, -0.15) is 0 Å². The van der Waals surface area contributed by atoms with Gasteiger partial charge in [-0.25, -0.2) is 0 Å². The number of benzene rings is 1. The van der Waals surface area contributed by atoms with Gasteiger partial charge >= 0.3 is 0 Å². The lowest BCUT2D eigenvalue weighted by Gasteiger charge is -2.06. The number of aromatic nitrogens is 1. The Kier molecular flexibility index (Phi) is 3.17. The summed E-state index contributed by atoms with van der Waals surface area (Å²) in [5.74, 6) is -0.231. The second-order valence-corrected chi connectivity index (χ2v) is 3.94. The van der Waals surface area contributed by atoms with Crippen molar-refractivity contribution in [2.75, 3.05) is 5.32 Å². The van der Waals surface area contributed by atoms with Crippen LogP contribution in [0.1, 0.15) is 10.4 Å². The molecule has 0 atom stereocenters. The first kappa shape index (κ1) is 11.0. The van der Waals surface area contributed by atoms with Gasteiger partial charge in [0, 0.05) is 12.4 Å². The van der Waals surface area contributed by atoms with Crippen molar-refractivity contribution in [2.45, 2.75) is 0 Å². The standard InChI is InChI=1S/C11H8Cl2N2O/c12-8-2-1-3-9(10(8)13)15-11(16)7-4-5-14-6-7/h1-6,14H,(H,15,16). The number of aromatic amines is 1. The molecule has 0 spiro atoms. The summed E-state index contributed by atoms with van der Waals surface area (Å²) in [6.45, 7) is 0. The largest absolute Gasteiger partial charge is 0.367 e. The fourth-order valence-corrected chi connectivity index (χ4v) is 1.61. The van der Waals surface area contributed by atoms with Crippen LogP contribution in [0.4, 0.5) is 5.69 Å². The van der Waals surface area contributed by atoms with Crippen LogP contribution in [0.3, 0.4) is 0 Å². The average molecular weight is 255 g/mol. The van der Waals surface area contributed by atoms with Crippen LogP contribution in [-0.2, 0) is 0 Å². The van der Waals surface area contributed by atoms with Crippen molar-refractivity contribution in [3.63, 3.8) is 0 Å². The van der Waals surface area contributed by atoms with E-state index >= 15 is 0 Å². The van der Waals surface area contributed by atoms with Crippen molar-refractivity contribution in [3.8, 4) is 0 Å². The number of anilines is 1. The molecular weight excluding hydrogens is 247 g/mol. The molecule has 1 aromatic heterocycles. The van der Waals surface area contributed by atoms with Crippen molar-refractivity contribution in [1.29, 1.82) is 0 Å². The number of nitrogens with one attached hydrogen (secondary N) is 2. The van der Waals surface area contributed by atoms with Gasteiger partial charge in [-0.15, -0.1) is 0 Å². The first-order chi connectivity index (χ1) is 7.68. The first-order valence-electron chi connectivity index (χ1n) is 4.56. The average Bonchev–Trinajstić information content (AvgIpc) is 2.78. The molecular formula is C11H8Cl2N2O. The predicted molar refractivity (Wildman–Crippen MR) is 65.2 cm³/mol. The molecule has 3 nitrogen and oxygen atoms in total. The van der Waals surface area contributed by atoms with Gasteiger partial charge in [0.15, 0.2) is 0 Å². The molecule has 1 heterocycles. The molecule has 0 unspecified atom stereocenters. The van der Waals surface area contributed by atoms with Gasteiger partial charge in [-0.05, 0) is 18.2 Å². The molecule has 0 radical (unpaired) electrons. The lowest BCUT2D eigenvalue weighted by Crippen LogP contribution is -2.11. The molecule has 82 valence electrons. The third kappa shape index (κ3) is 2.21. The van der Waals surface area contributed by atoms with E-state index in [1.54, 1.807) is 36.7 Å². The molecule has 0 aliphatic heterocycles. The van der Waals surface area contributed by atoms with Gasteiger partial charge < -0.3 is 10.3 Å². The van der Waals surface area contributed by atoms with E-state index in [1.807, 2.05) is 0 Å². The van der Waals surface area contributed by atoms with Crippen LogP contribution in [0.15, 0.2) is 36.7 Å². The highest BCUT2D eigenvalue weighted by Crippen LogP contribution is 2.29. The summed E-state index contributed by atoms with van der Waals surface area (Å²) < 4.78 is 0. The molecule has 0 saturated heterocycles. The fourth-order valence-electron chi connectivity index (χ4n) is 1.26. The Morgan fingerprint density at radius 2 is 2.06 bits per heavy atom. The van der Waals surface area contributed by atoms with E-state index in [0.29, 0.717) is 21.3 Å². The number of carbonyl (C=O) groups is 1. The molecule has 2 aromatic rings. The Morgan fingerprint density at radius 1 is 1.25 bits per heavy atom. The summed E-state index contributed by atoms with van der Waals surface area (Å²) in [4.78, 5) is 14.5. The molecule has 16 heavy (non-hydrogen) atoms. The van der Waals surface area contributed by atoms with Crippen LogP contribution < -0.4 is 5.32 Å². The summed E-state index contributed by atoms with van der Waals surface area (Å²) in [7, 11) is 0. The van der Waals surface area contributed by atoms with Crippen molar-refractivity contribution in [3.05, 3.63) is 52.3 Å². The minimum Gasteiger partial charge on any atom is -0.367 e. The summed E-state index contributed by atoms with van der Waals surface area (Å²) in [5, 5.41) is 3.43. The van der Waals surface area contributed by atoms with E-state index in [4.69, 9.17) is 23.2 Å². The van der Waals surface area contributed by atoms with Crippen molar-refractivity contribution < 1.29 is 4.79 Å². The molecule has 5 heteroatoms. The second-order valence-electron chi connectivity index (χ2n) is 3.16. The zero-order valence-electron chi connectivity index (χ0n) is 8.13. The molecule has 0 saturated carbocycles. The highest BCUT2D eigenvalue weighted by atomic mass is 35.5. The van der Waals surface area contributed by atoms with Gasteiger partial charge in [0.2, 0.25) is 0 Å². The molecule has 0 fully saturated rings. The fraction of sp³-hybridized carbons (Fsp3) is 0. The summed E-state index contributed by atoms with van der Waals surface area (Å²) >= 11 is 11.8. The van der Waals surface area contributed by atoms with Crippen LogP contribution in [-0.4, -0.2) is 10.9 Å². The van der Waals surface area contributed by atoms with Gasteiger partial charge in [-0.1, -0.05) is 29.3 Å². The van der Waals surface area contributed by atoms with Gasteiger partial charge in [-0.3, -0.25) is 4.79 Å². The third-order valence-corrected chi connectivity index (χ3v) is 2.88. The highest BCUT2D eigenvalue weighted by molar-refractivity contribution is 6.44. The van der Waals surface area contributed by atoms with E-state index in [-0.39, 0.29) is 5.91 Å². The number of carbonyl (C=O) groups excluding carboxylic acids is 1. The van der Waals surface area contributed by atoms with Crippen LogP contribution in [0.25, 0.3) is 0 Å². The Morgan fingerprint density at radius 3 is 2.75 bits per heavy atom. The predicted octanol–water partition coefficient (Wildman–Crippen LogP) is 3.57.